The van der Waals surface area contributed by atoms with Crippen LogP contribution in [0.2, 0.25) is 0 Å². The number of hydrogen-bond acceptors (Lipinski definition) is 4. The number of nitrogen functional groups attached to an aromatic ring is 1. The highest BCUT2D eigenvalue weighted by molar-refractivity contribution is 5.48. The van der Waals surface area contributed by atoms with Gasteiger partial charge in [-0.05, 0) is 36.1 Å². The van der Waals surface area contributed by atoms with E-state index in [1.807, 2.05) is 42.5 Å². The maximum absolute atomic E-state index is 10.5. The molecule has 2 aromatic rings. The van der Waals surface area contributed by atoms with E-state index in [2.05, 4.69) is 5.32 Å². The van der Waals surface area contributed by atoms with Gasteiger partial charge in [-0.3, -0.25) is 0 Å². The molecule has 0 aromatic heterocycles. The molecule has 2 aromatic carbocycles. The Kier molecular flexibility index (Phi) is 6.31. The van der Waals surface area contributed by atoms with Crippen LogP contribution >= 0.6 is 0 Å². The Bertz CT molecular complexity index is 654. The molecule has 1 unspecified atom stereocenters. The minimum atomic E-state index is -0.579. The molecule has 4 heteroatoms. The second-order valence-electron chi connectivity index (χ2n) is 6.87. The summed E-state index contributed by atoms with van der Waals surface area (Å²) < 4.78 is 5.85. The molecule has 1 fully saturated rings. The monoisotopic (exact) mass is 340 g/mol. The van der Waals surface area contributed by atoms with E-state index in [1.54, 1.807) is 6.07 Å². The zero-order chi connectivity index (χ0) is 17.5. The van der Waals surface area contributed by atoms with Gasteiger partial charge < -0.3 is 20.9 Å². The number of nitrogens with two attached hydrogens (primary N) is 1. The zero-order valence-corrected chi connectivity index (χ0v) is 14.7. The van der Waals surface area contributed by atoms with Crippen molar-refractivity contribution in [2.75, 3.05) is 12.3 Å². The van der Waals surface area contributed by atoms with Gasteiger partial charge in [0.2, 0.25) is 0 Å². The average Bonchev–Trinajstić information content (AvgIpc) is 2.66. The number of benzene rings is 2. The van der Waals surface area contributed by atoms with Crippen LogP contribution in [0.1, 0.15) is 49.3 Å². The third-order valence-electron chi connectivity index (χ3n) is 4.79. The molecule has 25 heavy (non-hydrogen) atoms. The molecule has 1 saturated carbocycles. The lowest BCUT2D eigenvalue weighted by Gasteiger charge is -2.24. The summed E-state index contributed by atoms with van der Waals surface area (Å²) in [5.74, 6) is 0.690. The van der Waals surface area contributed by atoms with Crippen LogP contribution in [0.25, 0.3) is 0 Å². The predicted molar refractivity (Wildman–Crippen MR) is 101 cm³/mol. The van der Waals surface area contributed by atoms with Gasteiger partial charge in [0.05, 0.1) is 6.10 Å². The number of rotatable bonds is 7. The fourth-order valence-corrected chi connectivity index (χ4v) is 3.37. The van der Waals surface area contributed by atoms with Crippen molar-refractivity contribution in [2.45, 2.75) is 50.9 Å². The Morgan fingerprint density at radius 1 is 1.08 bits per heavy atom. The molecule has 0 aliphatic heterocycles. The standard InChI is InChI=1S/C21H28N2O2/c22-18-11-17(21(24)14-23-19-9-5-2-6-10-19)12-20(13-18)25-15-16-7-3-1-4-8-16/h1,3-4,7-8,11-13,19,21,23-24H,2,5-6,9-10,14-15,22H2. The van der Waals surface area contributed by atoms with E-state index in [1.165, 1.54) is 32.1 Å². The van der Waals surface area contributed by atoms with E-state index in [0.717, 1.165) is 11.1 Å². The predicted octanol–water partition coefficient (Wildman–Crippen LogP) is 3.80. The van der Waals surface area contributed by atoms with E-state index in [0.29, 0.717) is 30.6 Å². The number of nitrogens with one attached hydrogen (secondary N) is 1. The Balaban J connectivity index is 1.57. The highest BCUT2D eigenvalue weighted by atomic mass is 16.5. The second-order valence-corrected chi connectivity index (χ2v) is 6.87. The number of aliphatic hydroxyl groups excluding tert-OH is 1. The second kappa shape index (κ2) is 8.88. The Labute approximate surface area is 150 Å². The lowest BCUT2D eigenvalue weighted by molar-refractivity contribution is 0.165. The Morgan fingerprint density at radius 2 is 1.84 bits per heavy atom. The molecular formula is C21H28N2O2. The SMILES string of the molecule is Nc1cc(OCc2ccccc2)cc(C(O)CNC2CCCCC2)c1. The number of aliphatic hydroxyl groups is 1. The Morgan fingerprint density at radius 3 is 2.60 bits per heavy atom. The smallest absolute Gasteiger partial charge is 0.122 e. The first-order chi connectivity index (χ1) is 12.2. The summed E-state index contributed by atoms with van der Waals surface area (Å²) in [6.45, 7) is 1.03. The molecule has 1 aliphatic carbocycles. The lowest BCUT2D eigenvalue weighted by Crippen LogP contribution is -2.34. The molecule has 0 spiro atoms. The van der Waals surface area contributed by atoms with Crippen LogP contribution in [0.3, 0.4) is 0 Å². The molecule has 134 valence electrons. The van der Waals surface area contributed by atoms with Gasteiger partial charge in [-0.2, -0.15) is 0 Å². The average molecular weight is 340 g/mol. The summed E-state index contributed by atoms with van der Waals surface area (Å²) in [4.78, 5) is 0. The normalized spacial score (nSPS) is 16.5. The van der Waals surface area contributed by atoms with E-state index >= 15 is 0 Å². The van der Waals surface area contributed by atoms with Crippen molar-refractivity contribution >= 4 is 5.69 Å². The number of anilines is 1. The largest absolute Gasteiger partial charge is 0.489 e. The third-order valence-corrected chi connectivity index (χ3v) is 4.79. The van der Waals surface area contributed by atoms with Crippen LogP contribution in [0, 0.1) is 0 Å². The molecule has 0 heterocycles. The summed E-state index contributed by atoms with van der Waals surface area (Å²) >= 11 is 0. The third kappa shape index (κ3) is 5.48. The van der Waals surface area contributed by atoms with Crippen LogP contribution in [0.15, 0.2) is 48.5 Å². The van der Waals surface area contributed by atoms with Crippen LogP contribution < -0.4 is 15.8 Å². The molecule has 1 aliphatic rings. The topological polar surface area (TPSA) is 67.5 Å². The quantitative estimate of drug-likeness (QED) is 0.671. The maximum atomic E-state index is 10.5. The van der Waals surface area contributed by atoms with E-state index in [9.17, 15) is 5.11 Å². The fourth-order valence-electron chi connectivity index (χ4n) is 3.37. The van der Waals surface area contributed by atoms with Crippen LogP contribution in [0.4, 0.5) is 5.69 Å². The van der Waals surface area contributed by atoms with Crippen molar-refractivity contribution in [1.82, 2.24) is 5.32 Å². The number of ether oxygens (including phenoxy) is 1. The summed E-state index contributed by atoms with van der Waals surface area (Å²) in [5, 5.41) is 14.0. The molecule has 0 amide bonds. The van der Waals surface area contributed by atoms with Gasteiger partial charge in [0, 0.05) is 24.3 Å². The maximum Gasteiger partial charge on any atom is 0.122 e. The van der Waals surface area contributed by atoms with Gasteiger partial charge in [0.1, 0.15) is 12.4 Å². The minimum Gasteiger partial charge on any atom is -0.489 e. The van der Waals surface area contributed by atoms with Crippen molar-refractivity contribution in [3.05, 3.63) is 59.7 Å². The van der Waals surface area contributed by atoms with E-state index in [-0.39, 0.29) is 0 Å². The molecule has 4 N–H and O–H groups in total. The van der Waals surface area contributed by atoms with Crippen molar-refractivity contribution in [2.24, 2.45) is 0 Å². The highest BCUT2D eigenvalue weighted by Crippen LogP contribution is 2.25. The molecular weight excluding hydrogens is 312 g/mol. The van der Waals surface area contributed by atoms with E-state index in [4.69, 9.17) is 10.5 Å². The summed E-state index contributed by atoms with van der Waals surface area (Å²) in [6.07, 6.45) is 5.72. The van der Waals surface area contributed by atoms with Gasteiger partial charge in [0.15, 0.2) is 0 Å². The zero-order valence-electron chi connectivity index (χ0n) is 14.7. The van der Waals surface area contributed by atoms with Gasteiger partial charge in [-0.15, -0.1) is 0 Å². The first-order valence-corrected chi connectivity index (χ1v) is 9.19. The molecule has 0 radical (unpaired) electrons. The molecule has 0 saturated heterocycles. The van der Waals surface area contributed by atoms with E-state index < -0.39 is 6.10 Å². The van der Waals surface area contributed by atoms with Crippen molar-refractivity contribution in [3.8, 4) is 5.75 Å². The van der Waals surface area contributed by atoms with Gasteiger partial charge in [0.25, 0.3) is 0 Å². The molecule has 4 nitrogen and oxygen atoms in total. The van der Waals surface area contributed by atoms with Crippen LogP contribution in [-0.4, -0.2) is 17.7 Å². The van der Waals surface area contributed by atoms with Crippen molar-refractivity contribution in [1.29, 1.82) is 0 Å². The highest BCUT2D eigenvalue weighted by Gasteiger charge is 2.16. The lowest BCUT2D eigenvalue weighted by atomic mass is 9.95. The first-order valence-electron chi connectivity index (χ1n) is 9.19. The summed E-state index contributed by atoms with van der Waals surface area (Å²) in [6, 6.07) is 16.0. The molecule has 3 rings (SSSR count). The van der Waals surface area contributed by atoms with Crippen molar-refractivity contribution < 1.29 is 9.84 Å². The van der Waals surface area contributed by atoms with Gasteiger partial charge in [-0.1, -0.05) is 49.6 Å². The molecule has 0 bridgehead atoms. The van der Waals surface area contributed by atoms with Crippen molar-refractivity contribution in [3.63, 3.8) is 0 Å². The van der Waals surface area contributed by atoms with Gasteiger partial charge >= 0.3 is 0 Å². The summed E-state index contributed by atoms with van der Waals surface area (Å²) in [7, 11) is 0. The first kappa shape index (κ1) is 17.8. The molecule has 1 atom stereocenters. The number of hydrogen-bond donors (Lipinski definition) is 3. The van der Waals surface area contributed by atoms with Gasteiger partial charge in [-0.25, -0.2) is 0 Å². The van der Waals surface area contributed by atoms with Crippen LogP contribution in [0.5, 0.6) is 5.75 Å². The summed E-state index contributed by atoms with van der Waals surface area (Å²) in [5.41, 5.74) is 8.50. The Hall–Kier alpha value is -2.04. The fraction of sp³-hybridized carbons (Fsp3) is 0.429. The van der Waals surface area contributed by atoms with Crippen LogP contribution in [-0.2, 0) is 6.61 Å². The minimum absolute atomic E-state index is 0.486.